The summed E-state index contributed by atoms with van der Waals surface area (Å²) < 4.78 is 13.6. The molecule has 2 aromatic carbocycles. The molecule has 0 aliphatic rings. The average molecular weight is 440 g/mol. The van der Waals surface area contributed by atoms with Crippen molar-refractivity contribution in [1.29, 1.82) is 0 Å². The van der Waals surface area contributed by atoms with Gasteiger partial charge in [-0.15, -0.1) is 0 Å². The molecule has 2 aromatic heterocycles. The highest BCUT2D eigenvalue weighted by Gasteiger charge is 2.21. The molecule has 10 heteroatoms. The molecule has 0 spiro atoms. The van der Waals surface area contributed by atoms with E-state index in [9.17, 15) is 10.1 Å². The number of methoxy groups -OCH3 is 2. The summed E-state index contributed by atoms with van der Waals surface area (Å²) in [7, 11) is 3.19. The van der Waals surface area contributed by atoms with Crippen molar-refractivity contribution in [3.05, 3.63) is 75.9 Å². The molecule has 4 rings (SSSR count). The summed E-state index contributed by atoms with van der Waals surface area (Å²) in [5.74, 6) is 1.20. The molecule has 0 saturated carbocycles. The van der Waals surface area contributed by atoms with Gasteiger partial charge in [0.05, 0.1) is 42.3 Å². The summed E-state index contributed by atoms with van der Waals surface area (Å²) in [5.41, 5.74) is 2.87. The van der Waals surface area contributed by atoms with Gasteiger partial charge in [0.2, 0.25) is 0 Å². The van der Waals surface area contributed by atoms with E-state index < -0.39 is 4.92 Å². The molecule has 4 aromatic rings. The lowest BCUT2D eigenvalue weighted by molar-refractivity contribution is -0.389. The smallest absolute Gasteiger partial charge is 0.389 e. The SMILES string of the molecule is COc1ccc(-c2nn(Cn3ccc([N+](=O)[O-])n3)c(-c3ccc(OC)cc3)c2Cl)cc1. The van der Waals surface area contributed by atoms with Gasteiger partial charge in [-0.25, -0.2) is 4.68 Å². The minimum absolute atomic E-state index is 0.144. The normalized spacial score (nSPS) is 10.8. The second kappa shape index (κ2) is 8.49. The van der Waals surface area contributed by atoms with Crippen LogP contribution in [0.4, 0.5) is 5.82 Å². The largest absolute Gasteiger partial charge is 0.497 e. The second-order valence-corrected chi connectivity index (χ2v) is 6.96. The first-order valence-electron chi connectivity index (χ1n) is 9.23. The summed E-state index contributed by atoms with van der Waals surface area (Å²) in [6.07, 6.45) is 1.53. The van der Waals surface area contributed by atoms with Crippen LogP contribution in [0.25, 0.3) is 22.5 Å². The van der Waals surface area contributed by atoms with E-state index in [2.05, 4.69) is 10.2 Å². The molecule has 0 aliphatic heterocycles. The number of hydrogen-bond acceptors (Lipinski definition) is 6. The van der Waals surface area contributed by atoms with E-state index in [-0.39, 0.29) is 12.5 Å². The van der Waals surface area contributed by atoms with Gasteiger partial charge in [-0.05, 0) is 53.5 Å². The van der Waals surface area contributed by atoms with Gasteiger partial charge in [-0.2, -0.15) is 9.78 Å². The molecule has 0 atom stereocenters. The van der Waals surface area contributed by atoms with Crippen molar-refractivity contribution >= 4 is 17.4 Å². The van der Waals surface area contributed by atoms with Gasteiger partial charge in [-0.1, -0.05) is 11.6 Å². The van der Waals surface area contributed by atoms with Gasteiger partial charge < -0.3 is 19.6 Å². The van der Waals surface area contributed by atoms with Crippen molar-refractivity contribution in [2.75, 3.05) is 14.2 Å². The summed E-state index contributed by atoms with van der Waals surface area (Å²) in [5, 5.41) is 20.1. The van der Waals surface area contributed by atoms with Gasteiger partial charge in [-0.3, -0.25) is 0 Å². The van der Waals surface area contributed by atoms with Gasteiger partial charge >= 0.3 is 5.82 Å². The van der Waals surface area contributed by atoms with Crippen LogP contribution in [0.15, 0.2) is 60.8 Å². The zero-order chi connectivity index (χ0) is 22.0. The maximum absolute atomic E-state index is 11.0. The number of ether oxygens (including phenoxy) is 2. The maximum atomic E-state index is 11.0. The second-order valence-electron chi connectivity index (χ2n) is 6.58. The van der Waals surface area contributed by atoms with Crippen LogP contribution in [-0.2, 0) is 6.67 Å². The number of nitrogens with zero attached hydrogens (tertiary/aromatic N) is 5. The van der Waals surface area contributed by atoms with E-state index >= 15 is 0 Å². The topological polar surface area (TPSA) is 97.2 Å². The van der Waals surface area contributed by atoms with Crippen LogP contribution >= 0.6 is 11.6 Å². The molecule has 2 heterocycles. The molecule has 0 aliphatic carbocycles. The molecule has 0 saturated heterocycles. The van der Waals surface area contributed by atoms with E-state index in [1.54, 1.807) is 18.9 Å². The Hall–Kier alpha value is -3.85. The third-order valence-corrected chi connectivity index (χ3v) is 5.07. The Morgan fingerprint density at radius 1 is 0.935 bits per heavy atom. The summed E-state index contributed by atoms with van der Waals surface area (Å²) in [6, 6.07) is 16.1. The van der Waals surface area contributed by atoms with E-state index in [1.807, 2.05) is 48.5 Å². The van der Waals surface area contributed by atoms with Crippen molar-refractivity contribution in [3.8, 4) is 34.0 Å². The first-order chi connectivity index (χ1) is 15.0. The lowest BCUT2D eigenvalue weighted by Crippen LogP contribution is -2.11. The summed E-state index contributed by atoms with van der Waals surface area (Å²) in [4.78, 5) is 10.4. The Balaban J connectivity index is 1.80. The molecule has 0 radical (unpaired) electrons. The zero-order valence-corrected chi connectivity index (χ0v) is 17.5. The minimum atomic E-state index is -0.542. The van der Waals surface area contributed by atoms with Crippen LogP contribution in [-0.4, -0.2) is 38.7 Å². The van der Waals surface area contributed by atoms with Crippen molar-refractivity contribution in [1.82, 2.24) is 19.6 Å². The number of nitro groups is 1. The molecule has 9 nitrogen and oxygen atoms in total. The molecule has 0 fully saturated rings. The van der Waals surface area contributed by atoms with Crippen molar-refractivity contribution < 1.29 is 14.4 Å². The number of aromatic nitrogens is 4. The molecule has 31 heavy (non-hydrogen) atoms. The Labute approximate surface area is 182 Å². The summed E-state index contributed by atoms with van der Waals surface area (Å²) >= 11 is 6.78. The minimum Gasteiger partial charge on any atom is -0.497 e. The van der Waals surface area contributed by atoms with Gasteiger partial charge in [0, 0.05) is 11.1 Å². The maximum Gasteiger partial charge on any atom is 0.389 e. The predicted octanol–water partition coefficient (Wildman–Crippen LogP) is 4.50. The average Bonchev–Trinajstić information content (AvgIpc) is 3.39. The van der Waals surface area contributed by atoms with Crippen LogP contribution < -0.4 is 9.47 Å². The van der Waals surface area contributed by atoms with Crippen LogP contribution in [0.3, 0.4) is 0 Å². The number of benzene rings is 2. The Bertz CT molecular complexity index is 1220. The third kappa shape index (κ3) is 4.08. The van der Waals surface area contributed by atoms with Gasteiger partial charge in [0.25, 0.3) is 0 Å². The lowest BCUT2D eigenvalue weighted by atomic mass is 10.1. The zero-order valence-electron chi connectivity index (χ0n) is 16.7. The van der Waals surface area contributed by atoms with E-state index in [0.717, 1.165) is 16.9 Å². The number of hydrogen-bond donors (Lipinski definition) is 0. The van der Waals surface area contributed by atoms with Crippen LogP contribution in [0.5, 0.6) is 11.5 Å². The standard InChI is InChI=1S/C21H18ClN5O4/c1-30-16-7-3-14(4-8-16)20-19(22)21(15-5-9-17(31-2)10-6-15)26(24-20)13-25-12-11-18(23-25)27(28)29/h3-12H,13H2,1-2H3. The van der Waals surface area contributed by atoms with Crippen LogP contribution in [0.1, 0.15) is 0 Å². The molecule has 0 amide bonds. The molecular weight excluding hydrogens is 422 g/mol. The lowest BCUT2D eigenvalue weighted by Gasteiger charge is -2.07. The first kappa shape index (κ1) is 20.4. The Kier molecular flexibility index (Phi) is 5.59. The van der Waals surface area contributed by atoms with Crippen molar-refractivity contribution in [3.63, 3.8) is 0 Å². The molecule has 0 N–H and O–H groups in total. The fourth-order valence-corrected chi connectivity index (χ4v) is 3.52. The van der Waals surface area contributed by atoms with E-state index in [1.165, 1.54) is 16.9 Å². The van der Waals surface area contributed by atoms with Crippen molar-refractivity contribution in [2.45, 2.75) is 6.67 Å². The fraction of sp³-hybridized carbons (Fsp3) is 0.143. The third-order valence-electron chi connectivity index (χ3n) is 4.71. The highest BCUT2D eigenvalue weighted by molar-refractivity contribution is 6.35. The van der Waals surface area contributed by atoms with Crippen LogP contribution in [0, 0.1) is 10.1 Å². The summed E-state index contributed by atoms with van der Waals surface area (Å²) in [6.45, 7) is 0.144. The first-order valence-corrected chi connectivity index (χ1v) is 9.61. The molecule has 0 bridgehead atoms. The van der Waals surface area contributed by atoms with E-state index in [4.69, 9.17) is 21.1 Å². The Morgan fingerprint density at radius 2 is 1.52 bits per heavy atom. The predicted molar refractivity (Wildman–Crippen MR) is 115 cm³/mol. The molecular formula is C21H18ClN5O4. The van der Waals surface area contributed by atoms with Crippen molar-refractivity contribution in [2.24, 2.45) is 0 Å². The van der Waals surface area contributed by atoms with E-state index in [0.29, 0.717) is 22.2 Å². The molecule has 0 unspecified atom stereocenters. The van der Waals surface area contributed by atoms with Gasteiger partial charge in [0.1, 0.15) is 17.2 Å². The highest BCUT2D eigenvalue weighted by Crippen LogP contribution is 2.37. The number of rotatable bonds is 7. The Morgan fingerprint density at radius 3 is 2.03 bits per heavy atom. The monoisotopic (exact) mass is 439 g/mol. The number of halogens is 1. The van der Waals surface area contributed by atoms with Gasteiger partial charge in [0.15, 0.2) is 6.67 Å². The fourth-order valence-electron chi connectivity index (χ4n) is 3.16. The quantitative estimate of drug-likeness (QED) is 0.310. The molecule has 158 valence electrons. The van der Waals surface area contributed by atoms with Crippen LogP contribution in [0.2, 0.25) is 5.02 Å². The highest BCUT2D eigenvalue weighted by atomic mass is 35.5.